The highest BCUT2D eigenvalue weighted by Crippen LogP contribution is 2.38. The van der Waals surface area contributed by atoms with Gasteiger partial charge in [-0.3, -0.25) is 14.2 Å². The molecule has 0 rings (SSSR count). The molecule has 9 nitrogen and oxygen atoms in total. The molecule has 0 aromatic rings. The lowest BCUT2D eigenvalue weighted by Crippen LogP contribution is -2.47. The molecular weight excluding hydrogens is 1060 g/mol. The molecule has 0 aromatic carbocycles. The Hall–Kier alpha value is -3.07. The number of amides is 1. The van der Waals surface area contributed by atoms with E-state index in [2.05, 4.69) is 111 Å². The van der Waals surface area contributed by atoms with Crippen LogP contribution in [-0.2, 0) is 27.9 Å². The molecule has 0 bridgehead atoms. The molecule has 84 heavy (non-hydrogen) atoms. The molecule has 0 saturated carbocycles. The van der Waals surface area contributed by atoms with Crippen molar-refractivity contribution in [2.75, 3.05) is 40.9 Å². The number of phosphoric acid groups is 1. The van der Waals surface area contributed by atoms with Gasteiger partial charge in [0.1, 0.15) is 19.3 Å². The fraction of sp³-hybridized carbons (Fsp3) is 0.757. The van der Waals surface area contributed by atoms with E-state index in [0.29, 0.717) is 23.9 Å². The number of rotatable bonds is 63. The summed E-state index contributed by atoms with van der Waals surface area (Å²) in [7, 11) is 1.17. The first-order chi connectivity index (χ1) is 40.9. The Bertz CT molecular complexity index is 1760. The van der Waals surface area contributed by atoms with Gasteiger partial charge in [0.05, 0.1) is 33.8 Å². The maximum atomic E-state index is 13.6. The van der Waals surface area contributed by atoms with Crippen LogP contribution in [0.1, 0.15) is 310 Å². The number of nitrogens with one attached hydrogen (secondary N) is 1. The third kappa shape index (κ3) is 63.4. The lowest BCUT2D eigenvalue weighted by Gasteiger charge is -2.30. The van der Waals surface area contributed by atoms with Crippen molar-refractivity contribution in [2.45, 2.75) is 322 Å². The van der Waals surface area contributed by atoms with Crippen molar-refractivity contribution in [3.63, 3.8) is 0 Å². The van der Waals surface area contributed by atoms with Gasteiger partial charge in [-0.25, -0.2) is 0 Å². The minimum Gasteiger partial charge on any atom is -0.756 e. The number of esters is 1. The number of phosphoric ester groups is 1. The second-order valence-corrected chi connectivity index (χ2v) is 26.1. The highest BCUT2D eigenvalue weighted by atomic mass is 31.2. The Morgan fingerprint density at radius 3 is 1.15 bits per heavy atom. The monoisotopic (exact) mass is 1190 g/mol. The van der Waals surface area contributed by atoms with Crippen molar-refractivity contribution in [3.05, 3.63) is 97.2 Å². The lowest BCUT2D eigenvalue weighted by atomic mass is 10.0. The van der Waals surface area contributed by atoms with E-state index >= 15 is 0 Å². The molecular formula is C74H133N2O7P. The van der Waals surface area contributed by atoms with Gasteiger partial charge < -0.3 is 28.5 Å². The fourth-order valence-electron chi connectivity index (χ4n) is 9.87. The second-order valence-electron chi connectivity index (χ2n) is 24.6. The number of allylic oxidation sites excluding steroid dienone is 15. The standard InChI is InChI=1S/C74H133N2O7P/c1-7-10-13-16-19-22-25-28-30-32-34-36-37-38-39-41-43-45-47-49-52-55-58-61-64-67-74(78)83-72(65-62-59-56-53-50-27-24-21-18-15-12-9-3)71(70-82-84(79,80)81-69-68-76(4,5)6)75-73(77)66-63-60-57-54-51-48-46-44-42-40-35-33-31-29-26-23-20-17-14-11-8-2/h10,13,19,22,28-31,34,36,38-39,43,45,62,65,71-72H,7-9,11-12,14-18,20-21,23-27,32-33,35,37,40-42,44,46-61,63-64,66-70H2,1-6H3,(H-,75,77,79,80)/b13-10-,22-19-,30-28-,31-29+,36-34-,39-38-,45-43-,65-62+. The van der Waals surface area contributed by atoms with Crippen LogP contribution in [0.15, 0.2) is 97.2 Å². The smallest absolute Gasteiger partial charge is 0.306 e. The Morgan fingerprint density at radius 1 is 0.429 bits per heavy atom. The molecule has 0 heterocycles. The summed E-state index contributed by atoms with van der Waals surface area (Å²) in [5, 5.41) is 3.04. The van der Waals surface area contributed by atoms with Gasteiger partial charge in [-0.2, -0.15) is 0 Å². The lowest BCUT2D eigenvalue weighted by molar-refractivity contribution is -0.870. The average Bonchev–Trinajstić information content (AvgIpc) is 3.64. The summed E-state index contributed by atoms with van der Waals surface area (Å²) < 4.78 is 30.4. The van der Waals surface area contributed by atoms with Crippen LogP contribution in [0, 0.1) is 0 Å². The molecule has 0 aliphatic carbocycles. The topological polar surface area (TPSA) is 114 Å². The van der Waals surface area contributed by atoms with Crippen molar-refractivity contribution < 1.29 is 37.3 Å². The number of likely N-dealkylation sites (N-methyl/N-ethyl adjacent to an activating group) is 1. The molecule has 0 fully saturated rings. The van der Waals surface area contributed by atoms with E-state index in [4.69, 9.17) is 13.8 Å². The van der Waals surface area contributed by atoms with Crippen LogP contribution in [0.5, 0.6) is 0 Å². The van der Waals surface area contributed by atoms with Gasteiger partial charge in [0.15, 0.2) is 0 Å². The van der Waals surface area contributed by atoms with E-state index in [9.17, 15) is 19.0 Å². The quantitative estimate of drug-likeness (QED) is 0.0212. The van der Waals surface area contributed by atoms with Crippen molar-refractivity contribution in [1.29, 1.82) is 0 Å². The molecule has 0 spiro atoms. The number of hydrogen-bond acceptors (Lipinski definition) is 7. The van der Waals surface area contributed by atoms with Crippen LogP contribution in [-0.4, -0.2) is 69.4 Å². The predicted octanol–water partition coefficient (Wildman–Crippen LogP) is 21.7. The van der Waals surface area contributed by atoms with Gasteiger partial charge in [-0.1, -0.05) is 285 Å². The molecule has 0 radical (unpaired) electrons. The van der Waals surface area contributed by atoms with E-state index in [1.807, 2.05) is 33.3 Å². The molecule has 0 aliphatic heterocycles. The zero-order chi connectivity index (χ0) is 61.4. The minimum absolute atomic E-state index is 0.0283. The molecule has 10 heteroatoms. The molecule has 0 saturated heterocycles. The first-order valence-electron chi connectivity index (χ1n) is 35.0. The Labute approximate surface area is 519 Å². The zero-order valence-electron chi connectivity index (χ0n) is 55.6. The van der Waals surface area contributed by atoms with E-state index in [-0.39, 0.29) is 24.9 Å². The largest absolute Gasteiger partial charge is 0.756 e. The van der Waals surface area contributed by atoms with Crippen LogP contribution in [0.2, 0.25) is 0 Å². The summed E-state index contributed by atoms with van der Waals surface area (Å²) in [5.41, 5.74) is 0. The Balaban J connectivity index is 5.14. The zero-order valence-corrected chi connectivity index (χ0v) is 56.5. The molecule has 486 valence electrons. The molecule has 1 amide bonds. The summed E-state index contributed by atoms with van der Waals surface area (Å²) in [4.78, 5) is 40.2. The Morgan fingerprint density at radius 2 is 0.762 bits per heavy atom. The molecule has 3 atom stereocenters. The van der Waals surface area contributed by atoms with Crippen molar-refractivity contribution in [3.8, 4) is 0 Å². The molecule has 3 unspecified atom stereocenters. The maximum Gasteiger partial charge on any atom is 0.306 e. The number of ether oxygens (including phenoxy) is 1. The van der Waals surface area contributed by atoms with E-state index < -0.39 is 26.6 Å². The van der Waals surface area contributed by atoms with E-state index in [1.165, 1.54) is 154 Å². The fourth-order valence-corrected chi connectivity index (χ4v) is 10.6. The number of hydrogen-bond donors (Lipinski definition) is 1. The van der Waals surface area contributed by atoms with Crippen LogP contribution in [0.25, 0.3) is 0 Å². The predicted molar refractivity (Wildman–Crippen MR) is 362 cm³/mol. The third-order valence-electron chi connectivity index (χ3n) is 15.2. The van der Waals surface area contributed by atoms with E-state index in [1.54, 1.807) is 0 Å². The highest BCUT2D eigenvalue weighted by Gasteiger charge is 2.27. The normalized spacial score (nSPS) is 14.1. The third-order valence-corrected chi connectivity index (χ3v) is 16.2. The van der Waals surface area contributed by atoms with Crippen molar-refractivity contribution in [2.24, 2.45) is 0 Å². The molecule has 0 aromatic heterocycles. The summed E-state index contributed by atoms with van der Waals surface area (Å²) in [6, 6.07) is -0.901. The van der Waals surface area contributed by atoms with E-state index in [0.717, 1.165) is 116 Å². The number of carbonyl (C=O) groups excluding carboxylic acids is 2. The number of unbranched alkanes of at least 4 members (excludes halogenated alkanes) is 33. The van der Waals surface area contributed by atoms with Crippen LogP contribution in [0.3, 0.4) is 0 Å². The van der Waals surface area contributed by atoms with Crippen LogP contribution >= 0.6 is 7.82 Å². The highest BCUT2D eigenvalue weighted by molar-refractivity contribution is 7.45. The average molecular weight is 1190 g/mol. The van der Waals surface area contributed by atoms with Crippen molar-refractivity contribution in [1.82, 2.24) is 5.32 Å². The van der Waals surface area contributed by atoms with Gasteiger partial charge in [-0.15, -0.1) is 0 Å². The van der Waals surface area contributed by atoms with Gasteiger partial charge in [0.2, 0.25) is 5.91 Å². The van der Waals surface area contributed by atoms with Crippen LogP contribution in [0.4, 0.5) is 0 Å². The minimum atomic E-state index is -4.71. The number of nitrogens with zero attached hydrogens (tertiary/aromatic N) is 1. The number of quaternary nitrogens is 1. The summed E-state index contributed by atoms with van der Waals surface area (Å²) in [6.45, 7) is 6.74. The van der Waals surface area contributed by atoms with Gasteiger partial charge in [0, 0.05) is 12.8 Å². The summed E-state index contributed by atoms with van der Waals surface area (Å²) in [6.07, 6.45) is 85.2. The van der Waals surface area contributed by atoms with Crippen LogP contribution < -0.4 is 10.2 Å². The SMILES string of the molecule is CC/C=C\C/C=C\C/C=C\C/C=C\C/C=C\C/C=C\CCCCCCCCC(=O)OC(/C=C/CCCCCCCCCCCC)C(COP(=O)([O-])OCC[N+](C)(C)C)NC(=O)CCCCCCCCCCCCC/C=C/CCCCCCCC. The first-order valence-corrected chi connectivity index (χ1v) is 36.5. The maximum absolute atomic E-state index is 13.6. The van der Waals surface area contributed by atoms with Gasteiger partial charge >= 0.3 is 5.97 Å². The summed E-state index contributed by atoms with van der Waals surface area (Å²) in [5.74, 6) is -0.555. The molecule has 1 N–H and O–H groups in total. The van der Waals surface area contributed by atoms with Gasteiger partial charge in [0.25, 0.3) is 7.82 Å². The first kappa shape index (κ1) is 80.9. The van der Waals surface area contributed by atoms with Crippen molar-refractivity contribution >= 4 is 19.7 Å². The Kier molecular flexibility index (Phi) is 60.7. The summed E-state index contributed by atoms with van der Waals surface area (Å²) >= 11 is 0. The second kappa shape index (κ2) is 63.0. The number of carbonyl (C=O) groups is 2. The molecule has 0 aliphatic rings. The van der Waals surface area contributed by atoms with Gasteiger partial charge in [-0.05, 0) is 109 Å².